The van der Waals surface area contributed by atoms with Gasteiger partial charge in [-0.15, -0.1) is 0 Å². The molecule has 0 aromatic carbocycles. The van der Waals surface area contributed by atoms with Crippen molar-refractivity contribution in [3.63, 3.8) is 0 Å². The second-order valence-corrected chi connectivity index (χ2v) is 3.64. The van der Waals surface area contributed by atoms with Crippen LogP contribution in [0, 0.1) is 0 Å². The van der Waals surface area contributed by atoms with Crippen molar-refractivity contribution in [1.82, 2.24) is 10.2 Å². The van der Waals surface area contributed by atoms with Crippen molar-refractivity contribution in [2.45, 2.75) is 19.4 Å². The zero-order valence-corrected chi connectivity index (χ0v) is 8.18. The van der Waals surface area contributed by atoms with Crippen LogP contribution >= 0.6 is 0 Å². The van der Waals surface area contributed by atoms with Gasteiger partial charge in [0.15, 0.2) is 0 Å². The molecule has 4 nitrogen and oxygen atoms in total. The first-order valence-corrected chi connectivity index (χ1v) is 3.97. The summed E-state index contributed by atoms with van der Waals surface area (Å²) in [5.41, 5.74) is -0.935. The summed E-state index contributed by atoms with van der Waals surface area (Å²) in [4.78, 5) is 12.5. The standard InChI is InChI=1S/C8H17N2O2/c1-8(2,7(11)12)9-5-6-10(3)4/h9H,5-6H2,1-4H3. The zero-order valence-electron chi connectivity index (χ0n) is 8.18. The lowest BCUT2D eigenvalue weighted by atomic mass is 10.1. The number of hydrogen-bond donors (Lipinski definition) is 1. The first kappa shape index (κ1) is 11.4. The van der Waals surface area contributed by atoms with Gasteiger partial charge in [0.1, 0.15) is 5.54 Å². The van der Waals surface area contributed by atoms with E-state index in [4.69, 9.17) is 0 Å². The Hall–Kier alpha value is -0.610. The molecule has 71 valence electrons. The summed E-state index contributed by atoms with van der Waals surface area (Å²) in [6.45, 7) is 4.65. The summed E-state index contributed by atoms with van der Waals surface area (Å²) in [6.07, 6.45) is 0. The summed E-state index contributed by atoms with van der Waals surface area (Å²) in [7, 11) is 3.88. The van der Waals surface area contributed by atoms with Gasteiger partial charge >= 0.3 is 5.97 Å². The summed E-state index contributed by atoms with van der Waals surface area (Å²) >= 11 is 0. The van der Waals surface area contributed by atoms with Gasteiger partial charge in [0.25, 0.3) is 0 Å². The topological polar surface area (TPSA) is 52.2 Å². The normalized spacial score (nSPS) is 12.1. The maximum Gasteiger partial charge on any atom is 0.374 e. The third-order valence-corrected chi connectivity index (χ3v) is 1.64. The molecule has 0 aliphatic heterocycles. The molecule has 0 spiro atoms. The number of nitrogens with one attached hydrogen (secondary N) is 1. The zero-order chi connectivity index (χ0) is 9.78. The maximum absolute atomic E-state index is 10.5. The Kier molecular flexibility index (Phi) is 4.20. The van der Waals surface area contributed by atoms with Crippen LogP contribution in [0.5, 0.6) is 0 Å². The molecule has 0 fully saturated rings. The van der Waals surface area contributed by atoms with Crippen molar-refractivity contribution in [2.24, 2.45) is 0 Å². The first-order chi connectivity index (χ1) is 5.36. The van der Waals surface area contributed by atoms with Crippen LogP contribution in [0.15, 0.2) is 0 Å². The van der Waals surface area contributed by atoms with Crippen LogP contribution in [0.25, 0.3) is 0 Å². The quantitative estimate of drug-likeness (QED) is 0.630. The lowest BCUT2D eigenvalue weighted by Gasteiger charge is -2.20. The van der Waals surface area contributed by atoms with Crippen LogP contribution in [-0.2, 0) is 9.90 Å². The van der Waals surface area contributed by atoms with E-state index in [2.05, 4.69) is 5.32 Å². The van der Waals surface area contributed by atoms with Crippen LogP contribution in [0.3, 0.4) is 0 Å². The Morgan fingerprint density at radius 3 is 2.25 bits per heavy atom. The fraction of sp³-hybridized carbons (Fsp3) is 0.875. The number of nitrogens with zero attached hydrogens (tertiary/aromatic N) is 1. The smallest absolute Gasteiger partial charge is 0.308 e. The molecule has 0 aliphatic rings. The van der Waals surface area contributed by atoms with E-state index < -0.39 is 11.5 Å². The van der Waals surface area contributed by atoms with Crippen LogP contribution in [-0.4, -0.2) is 43.6 Å². The number of likely N-dealkylation sites (N-methyl/N-ethyl adjacent to an activating group) is 1. The molecule has 0 saturated carbocycles. The molecular formula is C8H17N2O2. The van der Waals surface area contributed by atoms with Crippen LogP contribution in [0.4, 0.5) is 0 Å². The van der Waals surface area contributed by atoms with Crippen molar-refractivity contribution < 1.29 is 9.90 Å². The fourth-order valence-corrected chi connectivity index (χ4v) is 0.664. The van der Waals surface area contributed by atoms with Crippen LogP contribution < -0.4 is 5.32 Å². The maximum atomic E-state index is 10.5. The Morgan fingerprint density at radius 2 is 1.92 bits per heavy atom. The van der Waals surface area contributed by atoms with E-state index in [1.54, 1.807) is 13.8 Å². The SMILES string of the molecule is CN(C)CCNC(C)(C)C([O])=O. The van der Waals surface area contributed by atoms with Gasteiger partial charge in [-0.3, -0.25) is 0 Å². The molecule has 0 aromatic rings. The molecule has 1 N–H and O–H groups in total. The molecule has 1 radical (unpaired) electrons. The second-order valence-electron chi connectivity index (χ2n) is 3.64. The van der Waals surface area contributed by atoms with Crippen molar-refractivity contribution in [2.75, 3.05) is 27.2 Å². The average Bonchev–Trinajstić information content (AvgIpc) is 1.85. The minimum atomic E-state index is -1.07. The molecule has 4 heteroatoms. The van der Waals surface area contributed by atoms with Gasteiger partial charge in [-0.2, -0.15) is 0 Å². The van der Waals surface area contributed by atoms with Gasteiger partial charge in [0.2, 0.25) is 0 Å². The first-order valence-electron chi connectivity index (χ1n) is 3.97. The highest BCUT2D eigenvalue weighted by atomic mass is 16.4. The van der Waals surface area contributed by atoms with Gasteiger partial charge in [-0.1, -0.05) is 0 Å². The highest BCUT2D eigenvalue weighted by Gasteiger charge is 2.27. The van der Waals surface area contributed by atoms with E-state index in [0.29, 0.717) is 6.54 Å². The van der Waals surface area contributed by atoms with Crippen LogP contribution in [0.2, 0.25) is 0 Å². The molecule has 0 bridgehead atoms. The van der Waals surface area contributed by atoms with Crippen molar-refractivity contribution >= 4 is 5.97 Å². The highest BCUT2D eigenvalue weighted by Crippen LogP contribution is 2.00. The van der Waals surface area contributed by atoms with Crippen molar-refractivity contribution in [3.8, 4) is 0 Å². The summed E-state index contributed by atoms with van der Waals surface area (Å²) in [5, 5.41) is 13.4. The van der Waals surface area contributed by atoms with Gasteiger partial charge in [-0.05, 0) is 27.9 Å². The van der Waals surface area contributed by atoms with Gasteiger partial charge in [0, 0.05) is 13.1 Å². The van der Waals surface area contributed by atoms with Gasteiger partial charge in [0.05, 0.1) is 0 Å². The largest absolute Gasteiger partial charge is 0.374 e. The third-order valence-electron chi connectivity index (χ3n) is 1.64. The Balaban J connectivity index is 3.69. The molecule has 0 unspecified atom stereocenters. The van der Waals surface area contributed by atoms with E-state index in [9.17, 15) is 9.90 Å². The predicted octanol–water partition coefficient (Wildman–Crippen LogP) is -0.127. The summed E-state index contributed by atoms with van der Waals surface area (Å²) < 4.78 is 0. The molecule has 0 aliphatic carbocycles. The number of rotatable bonds is 5. The van der Waals surface area contributed by atoms with E-state index in [1.165, 1.54) is 0 Å². The number of carbonyl (C=O) groups is 1. The molecule has 0 heterocycles. The molecule has 0 saturated heterocycles. The van der Waals surface area contributed by atoms with E-state index in [1.807, 2.05) is 19.0 Å². The van der Waals surface area contributed by atoms with Crippen LogP contribution in [0.1, 0.15) is 13.8 Å². The predicted molar refractivity (Wildman–Crippen MR) is 46.3 cm³/mol. The van der Waals surface area contributed by atoms with Gasteiger partial charge in [-0.25, -0.2) is 9.90 Å². The Morgan fingerprint density at radius 1 is 1.42 bits per heavy atom. The minimum Gasteiger partial charge on any atom is -0.308 e. The lowest BCUT2D eigenvalue weighted by molar-refractivity contribution is -0.149. The second kappa shape index (κ2) is 4.42. The Bertz CT molecular complexity index is 155. The molecule has 0 amide bonds. The fourth-order valence-electron chi connectivity index (χ4n) is 0.664. The lowest BCUT2D eigenvalue weighted by Crippen LogP contribution is -2.48. The van der Waals surface area contributed by atoms with Crippen molar-refractivity contribution in [1.29, 1.82) is 0 Å². The van der Waals surface area contributed by atoms with E-state index >= 15 is 0 Å². The summed E-state index contributed by atoms with van der Waals surface area (Å²) in [5.74, 6) is -1.07. The monoisotopic (exact) mass is 173 g/mol. The number of hydrogen-bond acceptors (Lipinski definition) is 3. The van der Waals surface area contributed by atoms with Gasteiger partial charge < -0.3 is 10.2 Å². The van der Waals surface area contributed by atoms with Crippen molar-refractivity contribution in [3.05, 3.63) is 0 Å². The number of carbonyl (C=O) groups excluding carboxylic acids is 1. The third kappa shape index (κ3) is 4.31. The van der Waals surface area contributed by atoms with E-state index in [-0.39, 0.29) is 0 Å². The minimum absolute atomic E-state index is 0.647. The highest BCUT2D eigenvalue weighted by molar-refractivity contribution is 5.77. The molecule has 12 heavy (non-hydrogen) atoms. The molecule has 0 rings (SSSR count). The average molecular weight is 173 g/mol. The van der Waals surface area contributed by atoms with E-state index in [0.717, 1.165) is 6.54 Å². The summed E-state index contributed by atoms with van der Waals surface area (Å²) in [6, 6.07) is 0. The molecular weight excluding hydrogens is 156 g/mol. The Labute approximate surface area is 73.6 Å². The molecule has 0 aromatic heterocycles. The molecule has 0 atom stereocenters.